The zero-order valence-electron chi connectivity index (χ0n) is 22.0. The number of fused-ring (bicyclic) bond motifs is 3. The molecule has 3 aromatic carbocycles. The fourth-order valence-electron chi connectivity index (χ4n) is 5.21. The number of aryl methyl sites for hydroxylation is 1. The molecule has 2 aromatic heterocycles. The van der Waals surface area contributed by atoms with Gasteiger partial charge in [0.05, 0.1) is 36.8 Å². The monoisotopic (exact) mass is 535 g/mol. The van der Waals surface area contributed by atoms with Gasteiger partial charge in [-0.25, -0.2) is 9.48 Å². The Morgan fingerprint density at radius 2 is 1.82 bits per heavy atom. The van der Waals surface area contributed by atoms with E-state index in [2.05, 4.69) is 16.0 Å². The molecule has 1 N–H and O–H groups in total. The van der Waals surface area contributed by atoms with Gasteiger partial charge in [-0.2, -0.15) is 5.10 Å². The van der Waals surface area contributed by atoms with E-state index < -0.39 is 0 Å². The maximum Gasteiger partial charge on any atom is 0.322 e. The Bertz CT molecular complexity index is 1640. The van der Waals surface area contributed by atoms with E-state index in [0.717, 1.165) is 50.4 Å². The average molecular weight is 536 g/mol. The van der Waals surface area contributed by atoms with E-state index in [9.17, 15) is 4.79 Å². The lowest BCUT2D eigenvalue weighted by Gasteiger charge is -2.31. The molecule has 0 saturated carbocycles. The van der Waals surface area contributed by atoms with Gasteiger partial charge in [-0.1, -0.05) is 36.4 Å². The molecule has 8 heteroatoms. The highest BCUT2D eigenvalue weighted by molar-refractivity contribution is 7.98. The molecule has 6 rings (SSSR count). The largest absolute Gasteiger partial charge is 0.497 e. The molecule has 196 valence electrons. The Kier molecular flexibility index (Phi) is 6.62. The molecule has 5 aromatic rings. The number of amides is 2. The van der Waals surface area contributed by atoms with Crippen LogP contribution in [0.25, 0.3) is 11.5 Å². The van der Waals surface area contributed by atoms with Crippen LogP contribution in [0.3, 0.4) is 0 Å². The van der Waals surface area contributed by atoms with E-state index in [1.807, 2.05) is 114 Å². The zero-order valence-corrected chi connectivity index (χ0v) is 22.9. The molecule has 3 heterocycles. The van der Waals surface area contributed by atoms with Crippen LogP contribution in [0.1, 0.15) is 28.6 Å². The number of ether oxygens (including phenoxy) is 1. The third-order valence-corrected chi connectivity index (χ3v) is 7.80. The maximum atomic E-state index is 14.1. The van der Waals surface area contributed by atoms with Crippen LogP contribution in [0.4, 0.5) is 10.5 Å². The van der Waals surface area contributed by atoms with Crippen LogP contribution >= 0.6 is 11.8 Å². The number of para-hydroxylation sites is 1. The van der Waals surface area contributed by atoms with Gasteiger partial charge >= 0.3 is 6.03 Å². The van der Waals surface area contributed by atoms with Gasteiger partial charge < -0.3 is 19.5 Å². The van der Waals surface area contributed by atoms with Gasteiger partial charge in [-0.15, -0.1) is 11.8 Å². The third-order valence-electron chi connectivity index (χ3n) is 7.08. The SMILES string of the molecule is COc1cccc([C@@H]2c3cccn3-c3c(c(C)nn3-c3ccccc3)CN2C(=O)Nc2cccc(SC)c2)c1. The van der Waals surface area contributed by atoms with Crippen molar-refractivity contribution in [1.82, 2.24) is 19.2 Å². The number of hydrogen-bond acceptors (Lipinski definition) is 4. The van der Waals surface area contributed by atoms with Crippen molar-refractivity contribution in [2.75, 3.05) is 18.7 Å². The summed E-state index contributed by atoms with van der Waals surface area (Å²) >= 11 is 1.64. The van der Waals surface area contributed by atoms with Crippen molar-refractivity contribution in [3.8, 4) is 17.3 Å². The first-order valence-corrected chi connectivity index (χ1v) is 14.0. The number of benzene rings is 3. The van der Waals surface area contributed by atoms with E-state index in [0.29, 0.717) is 6.54 Å². The summed E-state index contributed by atoms with van der Waals surface area (Å²) in [5, 5.41) is 8.08. The second-order valence-corrected chi connectivity index (χ2v) is 10.3. The number of anilines is 1. The number of carbonyl (C=O) groups is 1. The van der Waals surface area contributed by atoms with Gasteiger partial charge in [0.15, 0.2) is 0 Å². The third kappa shape index (κ3) is 4.57. The van der Waals surface area contributed by atoms with Crippen LogP contribution in [-0.4, -0.2) is 38.6 Å². The van der Waals surface area contributed by atoms with Crippen molar-refractivity contribution in [3.63, 3.8) is 0 Å². The molecule has 0 bridgehead atoms. The van der Waals surface area contributed by atoms with Crippen LogP contribution in [0.2, 0.25) is 0 Å². The normalized spacial score (nSPS) is 14.3. The smallest absolute Gasteiger partial charge is 0.322 e. The fourth-order valence-corrected chi connectivity index (χ4v) is 5.67. The van der Waals surface area contributed by atoms with Gasteiger partial charge in [0.2, 0.25) is 0 Å². The first-order valence-electron chi connectivity index (χ1n) is 12.7. The first-order chi connectivity index (χ1) is 19.1. The number of rotatable bonds is 5. The topological polar surface area (TPSA) is 64.3 Å². The number of urea groups is 1. The Labute approximate surface area is 232 Å². The van der Waals surface area contributed by atoms with Gasteiger partial charge in [-0.05, 0) is 73.3 Å². The Hall–Kier alpha value is -4.43. The average Bonchev–Trinajstić information content (AvgIpc) is 3.53. The second-order valence-electron chi connectivity index (χ2n) is 9.41. The van der Waals surface area contributed by atoms with E-state index in [1.54, 1.807) is 18.9 Å². The van der Waals surface area contributed by atoms with Crippen molar-refractivity contribution < 1.29 is 9.53 Å². The predicted octanol–water partition coefficient (Wildman–Crippen LogP) is 6.84. The minimum Gasteiger partial charge on any atom is -0.497 e. The summed E-state index contributed by atoms with van der Waals surface area (Å²) in [5.41, 5.74) is 5.52. The highest BCUT2D eigenvalue weighted by Crippen LogP contribution is 2.39. The number of hydrogen-bond donors (Lipinski definition) is 1. The molecule has 0 aliphatic carbocycles. The highest BCUT2D eigenvalue weighted by Gasteiger charge is 2.36. The molecule has 0 fully saturated rings. The van der Waals surface area contributed by atoms with Gasteiger partial charge in [0.1, 0.15) is 11.6 Å². The molecule has 2 amide bonds. The summed E-state index contributed by atoms with van der Waals surface area (Å²) in [5.74, 6) is 1.68. The van der Waals surface area contributed by atoms with Gasteiger partial charge in [0, 0.05) is 22.3 Å². The summed E-state index contributed by atoms with van der Waals surface area (Å²) in [6, 6.07) is 29.5. The van der Waals surface area contributed by atoms with Gasteiger partial charge in [0.25, 0.3) is 0 Å². The predicted molar refractivity (Wildman–Crippen MR) is 155 cm³/mol. The fraction of sp³-hybridized carbons (Fsp3) is 0.161. The maximum absolute atomic E-state index is 14.1. The standard InChI is InChI=1S/C31H29N5O2S/c1-21-27-20-35(31(37)32-23-11-8-15-26(19-23)39-3)29(22-10-7-14-25(18-22)38-2)28-16-9-17-34(28)30(27)36(33-21)24-12-5-4-6-13-24/h4-19,29H,20H2,1-3H3,(H,32,37)/t29-/m1/s1. The van der Waals surface area contributed by atoms with Crippen molar-refractivity contribution in [2.45, 2.75) is 24.4 Å². The number of aromatic nitrogens is 3. The van der Waals surface area contributed by atoms with Crippen LogP contribution in [-0.2, 0) is 6.54 Å². The molecule has 0 radical (unpaired) electrons. The number of nitrogens with zero attached hydrogens (tertiary/aromatic N) is 4. The molecular formula is C31H29N5O2S. The summed E-state index contributed by atoms with van der Waals surface area (Å²) in [6.07, 6.45) is 4.07. The lowest BCUT2D eigenvalue weighted by molar-refractivity contribution is 0.194. The quantitative estimate of drug-likeness (QED) is 0.250. The van der Waals surface area contributed by atoms with Crippen molar-refractivity contribution >= 4 is 23.5 Å². The lowest BCUT2D eigenvalue weighted by atomic mass is 10.0. The van der Waals surface area contributed by atoms with Crippen LogP contribution < -0.4 is 10.1 Å². The molecule has 0 spiro atoms. The van der Waals surface area contributed by atoms with Crippen LogP contribution in [0, 0.1) is 6.92 Å². The summed E-state index contributed by atoms with van der Waals surface area (Å²) < 4.78 is 9.70. The van der Waals surface area contributed by atoms with Crippen LogP contribution in [0.15, 0.2) is 102 Å². The number of methoxy groups -OCH3 is 1. The molecule has 1 atom stereocenters. The lowest BCUT2D eigenvalue weighted by Crippen LogP contribution is -2.38. The molecule has 0 saturated heterocycles. The Morgan fingerprint density at radius 3 is 2.62 bits per heavy atom. The minimum atomic E-state index is -0.366. The van der Waals surface area contributed by atoms with E-state index in [4.69, 9.17) is 9.84 Å². The second kappa shape index (κ2) is 10.4. The first kappa shape index (κ1) is 24.9. The van der Waals surface area contributed by atoms with Crippen LogP contribution in [0.5, 0.6) is 5.75 Å². The Morgan fingerprint density at radius 1 is 1.00 bits per heavy atom. The molecule has 1 aliphatic rings. The summed E-state index contributed by atoms with van der Waals surface area (Å²) in [4.78, 5) is 17.1. The van der Waals surface area contributed by atoms with E-state index >= 15 is 0 Å². The summed E-state index contributed by atoms with van der Waals surface area (Å²) in [6.45, 7) is 2.39. The molecule has 39 heavy (non-hydrogen) atoms. The van der Waals surface area contributed by atoms with Crippen molar-refractivity contribution in [2.24, 2.45) is 0 Å². The van der Waals surface area contributed by atoms with Gasteiger partial charge in [-0.3, -0.25) is 0 Å². The molecule has 7 nitrogen and oxygen atoms in total. The molecular weight excluding hydrogens is 506 g/mol. The zero-order chi connectivity index (χ0) is 26.9. The van der Waals surface area contributed by atoms with E-state index in [1.165, 1.54) is 0 Å². The number of carbonyl (C=O) groups excluding carboxylic acids is 1. The number of thioether (sulfide) groups is 1. The molecule has 0 unspecified atom stereocenters. The summed E-state index contributed by atoms with van der Waals surface area (Å²) in [7, 11) is 1.66. The van der Waals surface area contributed by atoms with Crippen molar-refractivity contribution in [3.05, 3.63) is 120 Å². The Balaban J connectivity index is 1.53. The number of nitrogens with one attached hydrogen (secondary N) is 1. The molecule has 1 aliphatic heterocycles. The van der Waals surface area contributed by atoms with E-state index in [-0.39, 0.29) is 12.1 Å². The van der Waals surface area contributed by atoms with Crippen molar-refractivity contribution in [1.29, 1.82) is 0 Å². The minimum absolute atomic E-state index is 0.187. The highest BCUT2D eigenvalue weighted by atomic mass is 32.2.